The molecule has 0 spiro atoms. The SMILES string of the molecule is CCNC(=NCc1c(O)ccc2c1CCCC2)NCCN(C)CCCOC. The van der Waals surface area contributed by atoms with Crippen molar-refractivity contribution < 1.29 is 9.84 Å². The van der Waals surface area contributed by atoms with Gasteiger partial charge in [-0.25, -0.2) is 4.99 Å². The van der Waals surface area contributed by atoms with Crippen molar-refractivity contribution in [3.8, 4) is 5.75 Å². The van der Waals surface area contributed by atoms with E-state index >= 15 is 0 Å². The smallest absolute Gasteiger partial charge is 0.191 e. The predicted octanol–water partition coefficient (Wildman–Crippen LogP) is 2.29. The number of guanidine groups is 1. The van der Waals surface area contributed by atoms with E-state index in [0.29, 0.717) is 12.3 Å². The predicted molar refractivity (Wildman–Crippen MR) is 112 cm³/mol. The molecule has 0 atom stereocenters. The maximum absolute atomic E-state index is 10.3. The van der Waals surface area contributed by atoms with E-state index in [-0.39, 0.29) is 0 Å². The molecule has 0 fully saturated rings. The van der Waals surface area contributed by atoms with Crippen LogP contribution in [0, 0.1) is 0 Å². The molecule has 0 aliphatic heterocycles. The van der Waals surface area contributed by atoms with Crippen molar-refractivity contribution in [1.29, 1.82) is 0 Å². The molecule has 0 aromatic heterocycles. The number of aliphatic imine (C=N–C) groups is 1. The lowest BCUT2D eigenvalue weighted by Crippen LogP contribution is -2.41. The highest BCUT2D eigenvalue weighted by Gasteiger charge is 2.16. The van der Waals surface area contributed by atoms with Crippen LogP contribution in [0.4, 0.5) is 0 Å². The highest BCUT2D eigenvalue weighted by molar-refractivity contribution is 5.79. The molecule has 2 rings (SSSR count). The third kappa shape index (κ3) is 7.03. The van der Waals surface area contributed by atoms with E-state index in [1.54, 1.807) is 7.11 Å². The number of aromatic hydroxyl groups is 1. The van der Waals surface area contributed by atoms with Crippen LogP contribution in [0.25, 0.3) is 0 Å². The van der Waals surface area contributed by atoms with Gasteiger partial charge in [0.2, 0.25) is 0 Å². The van der Waals surface area contributed by atoms with E-state index in [2.05, 4.69) is 35.6 Å². The summed E-state index contributed by atoms with van der Waals surface area (Å²) in [7, 11) is 3.86. The van der Waals surface area contributed by atoms with Gasteiger partial charge in [-0.3, -0.25) is 0 Å². The summed E-state index contributed by atoms with van der Waals surface area (Å²) in [5.41, 5.74) is 3.67. The Labute approximate surface area is 164 Å². The monoisotopic (exact) mass is 376 g/mol. The van der Waals surface area contributed by atoms with Gasteiger partial charge in [-0.05, 0) is 63.3 Å². The number of rotatable bonds is 10. The Morgan fingerprint density at radius 3 is 2.81 bits per heavy atom. The molecule has 1 aliphatic carbocycles. The molecule has 6 heteroatoms. The number of fused-ring (bicyclic) bond motifs is 1. The van der Waals surface area contributed by atoms with Gasteiger partial charge in [-0.2, -0.15) is 0 Å². The molecule has 1 aliphatic rings. The Hall–Kier alpha value is -1.79. The molecule has 1 aromatic carbocycles. The quantitative estimate of drug-likeness (QED) is 0.332. The highest BCUT2D eigenvalue weighted by Crippen LogP contribution is 2.30. The number of nitrogens with one attached hydrogen (secondary N) is 2. The van der Waals surface area contributed by atoms with E-state index in [4.69, 9.17) is 9.73 Å². The van der Waals surface area contributed by atoms with Gasteiger partial charge in [0.25, 0.3) is 0 Å². The molecule has 152 valence electrons. The first-order valence-corrected chi connectivity index (χ1v) is 10.2. The molecule has 0 saturated carbocycles. The number of likely N-dealkylation sites (N-methyl/N-ethyl adjacent to an activating group) is 1. The summed E-state index contributed by atoms with van der Waals surface area (Å²) in [5, 5.41) is 17.0. The standard InChI is InChI=1S/C21H36N4O2/c1-4-22-21(23-12-14-25(2)13-7-15-27-3)24-16-19-18-9-6-5-8-17(18)10-11-20(19)26/h10-11,26H,4-9,12-16H2,1-3H3,(H2,22,23,24). The van der Waals surface area contributed by atoms with Crippen LogP contribution >= 0.6 is 0 Å². The minimum absolute atomic E-state index is 0.369. The molecule has 3 N–H and O–H groups in total. The van der Waals surface area contributed by atoms with Gasteiger partial charge in [0.15, 0.2) is 5.96 Å². The van der Waals surface area contributed by atoms with E-state index in [0.717, 1.165) is 63.6 Å². The first kappa shape index (κ1) is 21.5. The zero-order valence-corrected chi connectivity index (χ0v) is 17.2. The average molecular weight is 377 g/mol. The Balaban J connectivity index is 1.92. The second-order valence-corrected chi connectivity index (χ2v) is 7.18. The van der Waals surface area contributed by atoms with Crippen molar-refractivity contribution in [3.05, 3.63) is 28.8 Å². The lowest BCUT2D eigenvalue weighted by molar-refractivity contribution is 0.180. The van der Waals surface area contributed by atoms with E-state index in [1.165, 1.54) is 24.0 Å². The number of hydrogen-bond acceptors (Lipinski definition) is 4. The maximum Gasteiger partial charge on any atom is 0.191 e. The highest BCUT2D eigenvalue weighted by atomic mass is 16.5. The van der Waals surface area contributed by atoms with Crippen molar-refractivity contribution in [2.75, 3.05) is 46.9 Å². The summed E-state index contributed by atoms with van der Waals surface area (Å²) in [6.45, 7) is 6.98. The van der Waals surface area contributed by atoms with E-state index < -0.39 is 0 Å². The third-order valence-electron chi connectivity index (χ3n) is 5.04. The molecule has 0 amide bonds. The molecule has 0 bridgehead atoms. The van der Waals surface area contributed by atoms with Gasteiger partial charge in [-0.1, -0.05) is 6.07 Å². The first-order valence-electron chi connectivity index (χ1n) is 10.2. The fourth-order valence-corrected chi connectivity index (χ4v) is 3.52. The summed E-state index contributed by atoms with van der Waals surface area (Å²) in [6.07, 6.45) is 5.63. The lowest BCUT2D eigenvalue weighted by atomic mass is 9.88. The largest absolute Gasteiger partial charge is 0.508 e. The van der Waals surface area contributed by atoms with Crippen LogP contribution in [-0.2, 0) is 24.1 Å². The van der Waals surface area contributed by atoms with E-state index in [1.807, 2.05) is 6.07 Å². The van der Waals surface area contributed by atoms with Crippen molar-refractivity contribution >= 4 is 5.96 Å². The van der Waals surface area contributed by atoms with Crippen LogP contribution in [0.3, 0.4) is 0 Å². The summed E-state index contributed by atoms with van der Waals surface area (Å²) in [5.74, 6) is 1.17. The number of benzene rings is 1. The molecule has 0 heterocycles. The number of phenols is 1. The Bertz CT molecular complexity index is 604. The maximum atomic E-state index is 10.3. The third-order valence-corrected chi connectivity index (χ3v) is 5.04. The Morgan fingerprint density at radius 1 is 1.22 bits per heavy atom. The minimum atomic E-state index is 0.369. The van der Waals surface area contributed by atoms with Crippen LogP contribution < -0.4 is 10.6 Å². The second kappa shape index (κ2) is 11.8. The number of ether oxygens (including phenoxy) is 1. The summed E-state index contributed by atoms with van der Waals surface area (Å²) >= 11 is 0. The van der Waals surface area contributed by atoms with Gasteiger partial charge < -0.3 is 25.4 Å². The molecule has 27 heavy (non-hydrogen) atoms. The van der Waals surface area contributed by atoms with Gasteiger partial charge in [0.1, 0.15) is 5.75 Å². The average Bonchev–Trinajstić information content (AvgIpc) is 2.67. The molecule has 0 saturated heterocycles. The summed E-state index contributed by atoms with van der Waals surface area (Å²) in [4.78, 5) is 7.01. The molecule has 0 unspecified atom stereocenters. The first-order chi connectivity index (χ1) is 13.2. The molecular formula is C21H36N4O2. The fourth-order valence-electron chi connectivity index (χ4n) is 3.52. The van der Waals surface area contributed by atoms with Gasteiger partial charge in [0, 0.05) is 45.5 Å². The fraction of sp³-hybridized carbons (Fsp3) is 0.667. The van der Waals surface area contributed by atoms with Gasteiger partial charge >= 0.3 is 0 Å². The normalized spacial score (nSPS) is 14.3. The summed E-state index contributed by atoms with van der Waals surface area (Å²) in [6, 6.07) is 3.89. The topological polar surface area (TPSA) is 69.1 Å². The molecule has 1 aromatic rings. The number of nitrogens with zero attached hydrogens (tertiary/aromatic N) is 2. The number of hydrogen-bond donors (Lipinski definition) is 3. The molecular weight excluding hydrogens is 340 g/mol. The second-order valence-electron chi connectivity index (χ2n) is 7.18. The van der Waals surface area contributed by atoms with Crippen molar-refractivity contribution in [3.63, 3.8) is 0 Å². The van der Waals surface area contributed by atoms with Gasteiger partial charge in [-0.15, -0.1) is 0 Å². The van der Waals surface area contributed by atoms with Crippen LogP contribution in [0.5, 0.6) is 5.75 Å². The van der Waals surface area contributed by atoms with Crippen LogP contribution in [-0.4, -0.2) is 62.9 Å². The van der Waals surface area contributed by atoms with Crippen LogP contribution in [0.15, 0.2) is 17.1 Å². The zero-order chi connectivity index (χ0) is 19.5. The number of methoxy groups -OCH3 is 1. The van der Waals surface area contributed by atoms with Crippen molar-refractivity contribution in [2.24, 2.45) is 4.99 Å². The van der Waals surface area contributed by atoms with Gasteiger partial charge in [0.05, 0.1) is 6.54 Å². The van der Waals surface area contributed by atoms with E-state index in [9.17, 15) is 5.11 Å². The molecule has 6 nitrogen and oxygen atoms in total. The number of aryl methyl sites for hydroxylation is 1. The van der Waals surface area contributed by atoms with Crippen molar-refractivity contribution in [1.82, 2.24) is 15.5 Å². The zero-order valence-electron chi connectivity index (χ0n) is 17.2. The van der Waals surface area contributed by atoms with Crippen molar-refractivity contribution in [2.45, 2.75) is 45.6 Å². The van der Waals surface area contributed by atoms with Crippen LogP contribution in [0.2, 0.25) is 0 Å². The van der Waals surface area contributed by atoms with Crippen LogP contribution in [0.1, 0.15) is 42.9 Å². The summed E-state index contributed by atoms with van der Waals surface area (Å²) < 4.78 is 5.10. The minimum Gasteiger partial charge on any atom is -0.508 e. The molecule has 0 radical (unpaired) electrons. The Kier molecular flexibility index (Phi) is 9.42. The number of phenolic OH excluding ortho intramolecular Hbond substituents is 1. The lowest BCUT2D eigenvalue weighted by Gasteiger charge is -2.20. The Morgan fingerprint density at radius 2 is 2.04 bits per heavy atom.